The van der Waals surface area contributed by atoms with E-state index >= 15 is 0 Å². The van der Waals surface area contributed by atoms with Crippen LogP contribution in [0, 0.1) is 6.92 Å². The summed E-state index contributed by atoms with van der Waals surface area (Å²) >= 11 is 0. The van der Waals surface area contributed by atoms with E-state index in [1.54, 1.807) is 25.1 Å². The number of amides is 1. The smallest absolute Gasteiger partial charge is 0.255 e. The maximum atomic E-state index is 12.7. The van der Waals surface area contributed by atoms with Crippen molar-refractivity contribution in [1.29, 1.82) is 0 Å². The fourth-order valence-electron chi connectivity index (χ4n) is 2.78. The molecule has 0 bridgehead atoms. The van der Waals surface area contributed by atoms with Crippen LogP contribution in [0.25, 0.3) is 11.1 Å². The molecule has 27 heavy (non-hydrogen) atoms. The Morgan fingerprint density at radius 3 is 2.19 bits per heavy atom. The Morgan fingerprint density at radius 2 is 1.52 bits per heavy atom. The third-order valence-electron chi connectivity index (χ3n) is 4.04. The van der Waals surface area contributed by atoms with Crippen LogP contribution in [0.15, 0.2) is 72.8 Å². The molecule has 0 spiro atoms. The van der Waals surface area contributed by atoms with Crippen molar-refractivity contribution in [2.45, 2.75) is 6.92 Å². The minimum absolute atomic E-state index is 0.257. The third-order valence-corrected chi connectivity index (χ3v) is 4.63. The summed E-state index contributed by atoms with van der Waals surface area (Å²) in [7, 11) is -3.37. The molecule has 5 nitrogen and oxygen atoms in total. The van der Waals surface area contributed by atoms with Crippen LogP contribution in [-0.4, -0.2) is 20.6 Å². The third kappa shape index (κ3) is 4.74. The van der Waals surface area contributed by atoms with Crippen LogP contribution in [0.2, 0.25) is 0 Å². The Bertz CT molecular complexity index is 1080. The molecule has 0 aromatic heterocycles. The van der Waals surface area contributed by atoms with Crippen LogP contribution >= 0.6 is 0 Å². The summed E-state index contributed by atoms with van der Waals surface area (Å²) in [6, 6.07) is 22.3. The molecule has 0 aliphatic heterocycles. The molecule has 0 atom stereocenters. The highest BCUT2D eigenvalue weighted by Crippen LogP contribution is 2.28. The van der Waals surface area contributed by atoms with E-state index in [4.69, 9.17) is 0 Å². The first-order valence-electron chi connectivity index (χ1n) is 8.38. The second-order valence-electron chi connectivity index (χ2n) is 6.27. The van der Waals surface area contributed by atoms with Gasteiger partial charge in [0.2, 0.25) is 10.0 Å². The summed E-state index contributed by atoms with van der Waals surface area (Å²) in [5.41, 5.74) is 4.23. The van der Waals surface area contributed by atoms with Gasteiger partial charge in [-0.1, -0.05) is 48.5 Å². The number of para-hydroxylation sites is 1. The first kappa shape index (κ1) is 18.7. The molecule has 0 heterocycles. The number of aryl methyl sites for hydroxylation is 1. The van der Waals surface area contributed by atoms with Gasteiger partial charge in [0.25, 0.3) is 5.91 Å². The molecule has 0 saturated heterocycles. The summed E-state index contributed by atoms with van der Waals surface area (Å²) in [5.74, 6) is -0.257. The highest BCUT2D eigenvalue weighted by molar-refractivity contribution is 7.92. The number of sulfonamides is 1. The molecule has 0 unspecified atom stereocenters. The van der Waals surface area contributed by atoms with Gasteiger partial charge in [-0.2, -0.15) is 0 Å². The van der Waals surface area contributed by atoms with Crippen molar-refractivity contribution < 1.29 is 13.2 Å². The molecule has 0 fully saturated rings. The Kier molecular flexibility index (Phi) is 5.28. The fourth-order valence-corrected chi connectivity index (χ4v) is 3.40. The van der Waals surface area contributed by atoms with E-state index in [2.05, 4.69) is 10.0 Å². The highest BCUT2D eigenvalue weighted by Gasteiger charge is 2.12. The Hall–Kier alpha value is -3.12. The zero-order valence-corrected chi connectivity index (χ0v) is 15.9. The minimum Gasteiger partial charge on any atom is -0.321 e. The second-order valence-corrected chi connectivity index (χ2v) is 8.02. The van der Waals surface area contributed by atoms with E-state index in [0.717, 1.165) is 17.4 Å². The van der Waals surface area contributed by atoms with Crippen molar-refractivity contribution in [3.8, 4) is 11.1 Å². The molecule has 0 radical (unpaired) electrons. The topological polar surface area (TPSA) is 75.3 Å². The zero-order valence-electron chi connectivity index (χ0n) is 15.1. The van der Waals surface area contributed by atoms with Gasteiger partial charge in [-0.15, -0.1) is 0 Å². The number of hydrogen-bond acceptors (Lipinski definition) is 3. The lowest BCUT2D eigenvalue weighted by Crippen LogP contribution is -2.14. The van der Waals surface area contributed by atoms with E-state index in [-0.39, 0.29) is 5.91 Å². The van der Waals surface area contributed by atoms with E-state index in [0.29, 0.717) is 22.5 Å². The predicted molar refractivity (Wildman–Crippen MR) is 109 cm³/mol. The number of hydrogen-bond donors (Lipinski definition) is 2. The monoisotopic (exact) mass is 380 g/mol. The molecular weight excluding hydrogens is 360 g/mol. The van der Waals surface area contributed by atoms with E-state index in [1.807, 2.05) is 54.6 Å². The summed E-state index contributed by atoms with van der Waals surface area (Å²) in [4.78, 5) is 12.7. The van der Waals surface area contributed by atoms with Gasteiger partial charge in [0.1, 0.15) is 0 Å². The zero-order chi connectivity index (χ0) is 19.4. The lowest BCUT2D eigenvalue weighted by molar-refractivity contribution is 0.102. The summed E-state index contributed by atoms with van der Waals surface area (Å²) in [5, 5.41) is 2.94. The number of nitrogens with one attached hydrogen (secondary N) is 2. The van der Waals surface area contributed by atoms with Crippen molar-refractivity contribution in [2.75, 3.05) is 16.3 Å². The first-order chi connectivity index (χ1) is 12.8. The molecule has 0 aliphatic rings. The van der Waals surface area contributed by atoms with Gasteiger partial charge in [0, 0.05) is 16.8 Å². The van der Waals surface area contributed by atoms with Gasteiger partial charge in [0.05, 0.1) is 11.9 Å². The number of carbonyl (C=O) groups excluding carboxylic acids is 1. The van der Waals surface area contributed by atoms with E-state index < -0.39 is 10.0 Å². The molecule has 3 rings (SSSR count). The van der Waals surface area contributed by atoms with Crippen molar-refractivity contribution in [2.24, 2.45) is 0 Å². The van der Waals surface area contributed by atoms with E-state index in [1.165, 1.54) is 0 Å². The first-order valence-corrected chi connectivity index (χ1v) is 10.3. The second kappa shape index (κ2) is 7.63. The SMILES string of the molecule is Cc1cc(C(=O)Nc2ccccc2-c2ccccc2)ccc1NS(C)(=O)=O. The maximum absolute atomic E-state index is 12.7. The Balaban J connectivity index is 1.86. The van der Waals surface area contributed by atoms with Crippen LogP contribution in [0.3, 0.4) is 0 Å². The standard InChI is InChI=1S/C21H20N2O3S/c1-15-14-17(12-13-19(15)23-27(2,25)26)21(24)22-20-11-7-6-10-18(20)16-8-4-3-5-9-16/h3-14,23H,1-2H3,(H,22,24). The van der Waals surface area contributed by atoms with Gasteiger partial charge < -0.3 is 5.32 Å². The number of rotatable bonds is 5. The summed E-state index contributed by atoms with van der Waals surface area (Å²) in [6.07, 6.45) is 1.09. The fraction of sp³-hybridized carbons (Fsp3) is 0.0952. The number of carbonyl (C=O) groups is 1. The Labute approximate surface area is 159 Å². The average Bonchev–Trinajstić information content (AvgIpc) is 2.63. The molecule has 3 aromatic carbocycles. The number of anilines is 2. The molecule has 138 valence electrons. The molecule has 1 amide bonds. The lowest BCUT2D eigenvalue weighted by atomic mass is 10.0. The highest BCUT2D eigenvalue weighted by atomic mass is 32.2. The molecular formula is C21H20N2O3S. The molecule has 2 N–H and O–H groups in total. The molecule has 3 aromatic rings. The van der Waals surface area contributed by atoms with Gasteiger partial charge >= 0.3 is 0 Å². The van der Waals surface area contributed by atoms with Crippen LogP contribution in [0.1, 0.15) is 15.9 Å². The minimum atomic E-state index is -3.37. The van der Waals surface area contributed by atoms with Crippen molar-refractivity contribution >= 4 is 27.3 Å². The van der Waals surface area contributed by atoms with Crippen molar-refractivity contribution in [3.63, 3.8) is 0 Å². The maximum Gasteiger partial charge on any atom is 0.255 e. The van der Waals surface area contributed by atoms with Crippen LogP contribution < -0.4 is 10.0 Å². The van der Waals surface area contributed by atoms with Gasteiger partial charge in [-0.25, -0.2) is 8.42 Å². The van der Waals surface area contributed by atoms with Crippen LogP contribution in [0.4, 0.5) is 11.4 Å². The van der Waals surface area contributed by atoms with Crippen molar-refractivity contribution in [3.05, 3.63) is 83.9 Å². The van der Waals surface area contributed by atoms with Gasteiger partial charge in [0.15, 0.2) is 0 Å². The predicted octanol–water partition coefficient (Wildman–Crippen LogP) is 4.29. The number of benzene rings is 3. The van der Waals surface area contributed by atoms with Crippen LogP contribution in [-0.2, 0) is 10.0 Å². The summed E-state index contributed by atoms with van der Waals surface area (Å²) in [6.45, 7) is 1.75. The largest absolute Gasteiger partial charge is 0.321 e. The molecule has 6 heteroatoms. The molecule has 0 saturated carbocycles. The van der Waals surface area contributed by atoms with Gasteiger partial charge in [-0.05, 0) is 42.3 Å². The Morgan fingerprint density at radius 1 is 0.852 bits per heavy atom. The normalized spacial score (nSPS) is 11.0. The lowest BCUT2D eigenvalue weighted by Gasteiger charge is -2.13. The van der Waals surface area contributed by atoms with E-state index in [9.17, 15) is 13.2 Å². The molecule has 0 aliphatic carbocycles. The average molecular weight is 380 g/mol. The van der Waals surface area contributed by atoms with Crippen molar-refractivity contribution in [1.82, 2.24) is 0 Å². The van der Waals surface area contributed by atoms with Gasteiger partial charge in [-0.3, -0.25) is 9.52 Å². The quantitative estimate of drug-likeness (QED) is 0.693. The van der Waals surface area contributed by atoms with Crippen LogP contribution in [0.5, 0.6) is 0 Å². The summed E-state index contributed by atoms with van der Waals surface area (Å²) < 4.78 is 25.2.